The maximum Gasteiger partial charge on any atom is 0.490 e. The number of carbonyl (C=O) groups excluding carboxylic acids is 1. The van der Waals surface area contributed by atoms with Crippen LogP contribution in [0.2, 0.25) is 0 Å². The van der Waals surface area contributed by atoms with Gasteiger partial charge in [-0.15, -0.1) is 0 Å². The van der Waals surface area contributed by atoms with E-state index in [-0.39, 0.29) is 17.6 Å². The summed E-state index contributed by atoms with van der Waals surface area (Å²) in [5, 5.41) is 13.8. The molecule has 4 aliphatic rings. The van der Waals surface area contributed by atoms with Crippen LogP contribution in [0.25, 0.3) is 0 Å². The zero-order chi connectivity index (χ0) is 22.6. The van der Waals surface area contributed by atoms with Crippen LogP contribution in [0.15, 0.2) is 4.99 Å². The first-order valence-electron chi connectivity index (χ1n) is 10.9. The molecule has 176 valence electrons. The number of nitrogens with one attached hydrogen (secondary N) is 2. The van der Waals surface area contributed by atoms with Crippen molar-refractivity contribution in [1.82, 2.24) is 15.5 Å². The first-order valence-corrected chi connectivity index (χ1v) is 10.9. The van der Waals surface area contributed by atoms with Gasteiger partial charge in [0.1, 0.15) is 11.4 Å². The summed E-state index contributed by atoms with van der Waals surface area (Å²) in [5.41, 5.74) is -0.252. The number of amides is 2. The number of aliphatic carboxylic acids is 1. The second-order valence-corrected chi connectivity index (χ2v) is 8.73. The van der Waals surface area contributed by atoms with Gasteiger partial charge < -0.3 is 20.1 Å². The summed E-state index contributed by atoms with van der Waals surface area (Å²) >= 11 is 0. The van der Waals surface area contributed by atoms with Gasteiger partial charge in [0.25, 0.3) is 0 Å². The van der Waals surface area contributed by atoms with Gasteiger partial charge >= 0.3 is 18.2 Å². The number of ether oxygens (including phenoxy) is 1. The van der Waals surface area contributed by atoms with Gasteiger partial charge in [-0.1, -0.05) is 19.3 Å². The smallest absolute Gasteiger partial charge is 0.475 e. The van der Waals surface area contributed by atoms with Crippen molar-refractivity contribution in [2.24, 2.45) is 4.99 Å². The lowest BCUT2D eigenvalue weighted by molar-refractivity contribution is -0.192. The fourth-order valence-corrected chi connectivity index (χ4v) is 5.01. The Kier molecular flexibility index (Phi) is 7.46. The summed E-state index contributed by atoms with van der Waals surface area (Å²) in [7, 11) is 0. The van der Waals surface area contributed by atoms with E-state index in [1.807, 2.05) is 0 Å². The molecule has 1 saturated carbocycles. The van der Waals surface area contributed by atoms with Gasteiger partial charge in [0, 0.05) is 12.6 Å². The van der Waals surface area contributed by atoms with E-state index in [2.05, 4.69) is 22.5 Å². The zero-order valence-electron chi connectivity index (χ0n) is 17.7. The molecule has 0 aromatic heterocycles. The average molecular weight is 448 g/mol. The Morgan fingerprint density at radius 3 is 2.48 bits per heavy atom. The summed E-state index contributed by atoms with van der Waals surface area (Å²) in [6, 6.07) is 1.01. The lowest BCUT2D eigenvalue weighted by atomic mass is 9.81. The van der Waals surface area contributed by atoms with E-state index in [0.29, 0.717) is 18.7 Å². The van der Waals surface area contributed by atoms with Crippen LogP contribution >= 0.6 is 0 Å². The van der Waals surface area contributed by atoms with Gasteiger partial charge in [-0.05, 0) is 45.6 Å². The van der Waals surface area contributed by atoms with Crippen LogP contribution in [0.3, 0.4) is 0 Å². The van der Waals surface area contributed by atoms with Gasteiger partial charge in [0.15, 0.2) is 0 Å². The SMILES string of the molecule is CC1CC2(CCN1)C(=NC1CCCCC1)NC(=O)N2C1CCOC1.O=C(O)C(F)(F)F. The molecule has 4 fully saturated rings. The van der Waals surface area contributed by atoms with Crippen molar-refractivity contribution in [2.75, 3.05) is 19.8 Å². The molecule has 3 N–H and O–H groups in total. The second-order valence-electron chi connectivity index (χ2n) is 8.73. The molecule has 0 bridgehead atoms. The highest BCUT2D eigenvalue weighted by molar-refractivity contribution is 6.10. The van der Waals surface area contributed by atoms with Crippen molar-refractivity contribution in [3.63, 3.8) is 0 Å². The molecule has 4 rings (SSSR count). The molecule has 0 radical (unpaired) electrons. The number of hydrogen-bond acceptors (Lipinski definition) is 5. The van der Waals surface area contributed by atoms with E-state index in [1.165, 1.54) is 19.3 Å². The fourth-order valence-electron chi connectivity index (χ4n) is 5.01. The van der Waals surface area contributed by atoms with Crippen LogP contribution in [0, 0.1) is 0 Å². The number of alkyl halides is 3. The number of nitrogens with zero attached hydrogens (tertiary/aromatic N) is 2. The molecule has 3 heterocycles. The minimum Gasteiger partial charge on any atom is -0.475 e. The number of hydrogen-bond donors (Lipinski definition) is 3. The Bertz CT molecular complexity index is 690. The molecule has 1 aliphatic carbocycles. The summed E-state index contributed by atoms with van der Waals surface area (Å²) in [4.78, 5) is 28.9. The molecule has 0 aromatic rings. The summed E-state index contributed by atoms with van der Waals surface area (Å²) in [6.07, 6.45) is 3.91. The third kappa shape index (κ3) is 5.49. The quantitative estimate of drug-likeness (QED) is 0.603. The number of rotatable bonds is 2. The molecule has 1 spiro atoms. The molecular formula is C20H31F3N4O4. The Hall–Kier alpha value is -1.88. The Morgan fingerprint density at radius 2 is 1.94 bits per heavy atom. The fraction of sp³-hybridized carbons (Fsp3) is 0.850. The van der Waals surface area contributed by atoms with Gasteiger partial charge in [0.2, 0.25) is 0 Å². The molecule has 0 aromatic carbocycles. The first kappa shape index (κ1) is 23.8. The van der Waals surface area contributed by atoms with E-state index in [9.17, 15) is 18.0 Å². The molecular weight excluding hydrogens is 417 g/mol. The number of halogens is 3. The Morgan fingerprint density at radius 1 is 1.26 bits per heavy atom. The van der Waals surface area contributed by atoms with E-state index in [0.717, 1.165) is 51.1 Å². The lowest BCUT2D eigenvalue weighted by Gasteiger charge is -2.45. The van der Waals surface area contributed by atoms with Crippen molar-refractivity contribution in [2.45, 2.75) is 88.1 Å². The molecule has 2 amide bonds. The normalized spacial score (nSPS) is 33.4. The Balaban J connectivity index is 0.000000339. The maximum absolute atomic E-state index is 12.9. The van der Waals surface area contributed by atoms with Crippen LogP contribution < -0.4 is 10.6 Å². The van der Waals surface area contributed by atoms with Gasteiger partial charge in [-0.2, -0.15) is 13.2 Å². The minimum atomic E-state index is -5.08. The minimum absolute atomic E-state index is 0.0363. The van der Waals surface area contributed by atoms with Crippen LogP contribution in [-0.2, 0) is 9.53 Å². The number of urea groups is 1. The third-order valence-electron chi connectivity index (χ3n) is 6.42. The van der Waals surface area contributed by atoms with Crippen molar-refractivity contribution >= 4 is 17.8 Å². The van der Waals surface area contributed by atoms with E-state index in [1.54, 1.807) is 0 Å². The monoisotopic (exact) mass is 448 g/mol. The van der Waals surface area contributed by atoms with Gasteiger partial charge in [0.05, 0.1) is 18.7 Å². The first-order chi connectivity index (χ1) is 14.6. The number of piperidine rings is 1. The standard InChI is InChI=1S/C18H30N4O2.C2HF3O2/c1-13-11-18(8-9-19-13)16(20-14-5-3-2-4-6-14)21-17(23)22(18)15-7-10-24-12-15;3-2(4,5)1(6)7/h13-15,19H,2-12H2,1H3,(H,20,21,23);(H,6,7). The third-order valence-corrected chi connectivity index (χ3v) is 6.42. The number of carboxylic acid groups (broad SMARTS) is 1. The topological polar surface area (TPSA) is 103 Å². The summed E-state index contributed by atoms with van der Waals surface area (Å²) in [6.45, 7) is 4.57. The highest BCUT2D eigenvalue weighted by Crippen LogP contribution is 2.38. The lowest BCUT2D eigenvalue weighted by Crippen LogP contribution is -2.61. The molecule has 3 saturated heterocycles. The zero-order valence-corrected chi connectivity index (χ0v) is 17.7. The van der Waals surface area contributed by atoms with E-state index < -0.39 is 12.1 Å². The predicted octanol–water partition coefficient (Wildman–Crippen LogP) is 2.68. The summed E-state index contributed by atoms with van der Waals surface area (Å²) in [5.74, 6) is -1.81. The van der Waals surface area contributed by atoms with Gasteiger partial charge in [-0.25, -0.2) is 9.59 Å². The second kappa shape index (κ2) is 9.72. The maximum atomic E-state index is 12.9. The summed E-state index contributed by atoms with van der Waals surface area (Å²) < 4.78 is 37.3. The molecule has 3 unspecified atom stereocenters. The van der Waals surface area contributed by atoms with Crippen molar-refractivity contribution < 1.29 is 32.6 Å². The highest BCUT2D eigenvalue weighted by atomic mass is 19.4. The van der Waals surface area contributed by atoms with Crippen LogP contribution in [0.1, 0.15) is 58.3 Å². The van der Waals surface area contributed by atoms with Crippen molar-refractivity contribution in [3.8, 4) is 0 Å². The predicted molar refractivity (Wildman–Crippen MR) is 107 cm³/mol. The van der Waals surface area contributed by atoms with Gasteiger partial charge in [-0.3, -0.25) is 10.3 Å². The molecule has 11 heteroatoms. The molecule has 3 atom stereocenters. The van der Waals surface area contributed by atoms with Crippen molar-refractivity contribution in [3.05, 3.63) is 0 Å². The molecule has 31 heavy (non-hydrogen) atoms. The van der Waals surface area contributed by atoms with Crippen LogP contribution in [0.5, 0.6) is 0 Å². The van der Waals surface area contributed by atoms with Crippen LogP contribution in [-0.4, -0.2) is 77.4 Å². The number of aliphatic imine (C=N–C) groups is 1. The highest BCUT2D eigenvalue weighted by Gasteiger charge is 2.55. The molecule has 8 nitrogen and oxygen atoms in total. The van der Waals surface area contributed by atoms with E-state index >= 15 is 0 Å². The Labute approximate surface area is 179 Å². The number of amidine groups is 1. The number of carbonyl (C=O) groups is 2. The largest absolute Gasteiger partial charge is 0.490 e. The van der Waals surface area contributed by atoms with Crippen LogP contribution in [0.4, 0.5) is 18.0 Å². The van der Waals surface area contributed by atoms with Crippen molar-refractivity contribution in [1.29, 1.82) is 0 Å². The van der Waals surface area contributed by atoms with E-state index in [4.69, 9.17) is 19.6 Å². The molecule has 3 aliphatic heterocycles. The average Bonchev–Trinajstić information content (AvgIpc) is 3.29. The number of carboxylic acids is 1.